The zero-order valence-corrected chi connectivity index (χ0v) is 17.5. The lowest BCUT2D eigenvalue weighted by atomic mass is 9.80. The van der Waals surface area contributed by atoms with E-state index in [-0.39, 0.29) is 6.61 Å². The monoisotopic (exact) mass is 388 g/mol. The molecule has 0 radical (unpaired) electrons. The Balaban J connectivity index is 1.97. The highest BCUT2D eigenvalue weighted by molar-refractivity contribution is 5.47. The Labute approximate surface area is 175 Å². The minimum Gasteiger partial charge on any atom is -0.396 e. The third-order valence-corrected chi connectivity index (χ3v) is 5.59. The van der Waals surface area contributed by atoms with Crippen LogP contribution in [0.2, 0.25) is 0 Å². The van der Waals surface area contributed by atoms with Gasteiger partial charge in [0, 0.05) is 13.2 Å². The Bertz CT molecular complexity index is 734. The van der Waals surface area contributed by atoms with Gasteiger partial charge < -0.3 is 9.84 Å². The molecule has 0 saturated carbocycles. The Morgan fingerprint density at radius 1 is 0.690 bits per heavy atom. The van der Waals surface area contributed by atoms with Crippen molar-refractivity contribution in [1.29, 1.82) is 0 Å². The average Bonchev–Trinajstić information content (AvgIpc) is 2.78. The van der Waals surface area contributed by atoms with Gasteiger partial charge in [0.05, 0.1) is 0 Å². The number of aliphatic hydroxyl groups excluding tert-OH is 1. The molecule has 0 fully saturated rings. The fourth-order valence-electron chi connectivity index (χ4n) is 4.06. The second-order valence-electron chi connectivity index (χ2n) is 8.05. The van der Waals surface area contributed by atoms with Gasteiger partial charge in [0.25, 0.3) is 0 Å². The van der Waals surface area contributed by atoms with Crippen LogP contribution >= 0.6 is 0 Å². The van der Waals surface area contributed by atoms with E-state index in [2.05, 4.69) is 86.6 Å². The van der Waals surface area contributed by atoms with Gasteiger partial charge in [-0.2, -0.15) is 0 Å². The largest absolute Gasteiger partial charge is 0.396 e. The molecule has 1 N–H and O–H groups in total. The van der Waals surface area contributed by atoms with E-state index in [1.54, 1.807) is 0 Å². The second kappa shape index (κ2) is 10.4. The van der Waals surface area contributed by atoms with Crippen LogP contribution in [0.25, 0.3) is 0 Å². The Kier molecular flexibility index (Phi) is 7.62. The van der Waals surface area contributed by atoms with Crippen molar-refractivity contribution in [2.75, 3.05) is 13.2 Å². The third-order valence-electron chi connectivity index (χ3n) is 5.59. The lowest BCUT2D eigenvalue weighted by Crippen LogP contribution is -2.33. The molecule has 2 nitrogen and oxygen atoms in total. The van der Waals surface area contributed by atoms with Gasteiger partial charge in [0.15, 0.2) is 0 Å². The van der Waals surface area contributed by atoms with Crippen LogP contribution in [0.4, 0.5) is 0 Å². The summed E-state index contributed by atoms with van der Waals surface area (Å²) in [5.74, 6) is 0.823. The zero-order chi connectivity index (χ0) is 20.5. The molecule has 0 aliphatic heterocycles. The van der Waals surface area contributed by atoms with E-state index in [4.69, 9.17) is 4.74 Å². The molecule has 0 bridgehead atoms. The van der Waals surface area contributed by atoms with E-state index < -0.39 is 5.60 Å². The molecule has 3 aromatic rings. The topological polar surface area (TPSA) is 29.5 Å². The number of hydrogen-bond acceptors (Lipinski definition) is 2. The maximum absolute atomic E-state index is 9.35. The number of benzene rings is 3. The molecule has 0 heterocycles. The van der Waals surface area contributed by atoms with Crippen molar-refractivity contribution in [3.8, 4) is 0 Å². The van der Waals surface area contributed by atoms with Crippen LogP contribution in [-0.4, -0.2) is 18.3 Å². The maximum Gasteiger partial charge on any atom is 0.143 e. The van der Waals surface area contributed by atoms with Gasteiger partial charge in [-0.05, 0) is 41.4 Å². The maximum atomic E-state index is 9.35. The molecule has 0 unspecified atom stereocenters. The third kappa shape index (κ3) is 5.14. The van der Waals surface area contributed by atoms with E-state index in [1.165, 1.54) is 0 Å². The lowest BCUT2D eigenvalue weighted by Gasteiger charge is -2.36. The number of hydrogen-bond donors (Lipinski definition) is 1. The highest BCUT2D eigenvalue weighted by atomic mass is 16.5. The molecule has 152 valence electrons. The normalized spacial score (nSPS) is 13.8. The molecule has 2 heteroatoms. The second-order valence-corrected chi connectivity index (χ2v) is 8.05. The molecule has 0 saturated heterocycles. The minimum absolute atomic E-state index is 0.243. The lowest BCUT2D eigenvalue weighted by molar-refractivity contribution is 0.00500. The summed E-state index contributed by atoms with van der Waals surface area (Å²) in [7, 11) is 0. The summed E-state index contributed by atoms with van der Waals surface area (Å²) in [6, 6.07) is 31.5. The first-order chi connectivity index (χ1) is 14.2. The van der Waals surface area contributed by atoms with Crippen molar-refractivity contribution in [1.82, 2.24) is 0 Å². The molecule has 0 amide bonds. The van der Waals surface area contributed by atoms with Gasteiger partial charge in [-0.3, -0.25) is 0 Å². The minimum atomic E-state index is -0.647. The van der Waals surface area contributed by atoms with Crippen LogP contribution in [0, 0.1) is 11.8 Å². The summed E-state index contributed by atoms with van der Waals surface area (Å²) in [5, 5.41) is 9.35. The van der Waals surface area contributed by atoms with E-state index in [0.29, 0.717) is 18.4 Å². The average molecular weight is 389 g/mol. The molecule has 0 aliphatic rings. The number of aliphatic hydroxyl groups is 1. The van der Waals surface area contributed by atoms with Crippen LogP contribution < -0.4 is 0 Å². The smallest absolute Gasteiger partial charge is 0.143 e. The zero-order valence-electron chi connectivity index (χ0n) is 17.5. The molecule has 0 aromatic heterocycles. The SMILES string of the molecule is C[C@H](CO)C[C@@H](C)CCOC(c1ccccc1)(c1ccccc1)c1ccccc1. The van der Waals surface area contributed by atoms with E-state index in [1.807, 2.05) is 18.2 Å². The number of rotatable bonds is 10. The van der Waals surface area contributed by atoms with Crippen molar-refractivity contribution in [2.45, 2.75) is 32.3 Å². The Morgan fingerprint density at radius 3 is 1.48 bits per heavy atom. The standard InChI is InChI=1S/C27H32O2/c1-22(20-23(2)21-28)18-19-29-27(24-12-6-3-7-13-24,25-14-8-4-9-15-25)26-16-10-5-11-17-26/h3-17,22-23,28H,18-21H2,1-2H3/t22-,23-/m0/s1. The fraction of sp³-hybridized carbons (Fsp3) is 0.333. The summed E-state index contributed by atoms with van der Waals surface area (Å²) in [5.41, 5.74) is 2.75. The van der Waals surface area contributed by atoms with E-state index in [9.17, 15) is 5.11 Å². The molecule has 3 aromatic carbocycles. The van der Waals surface area contributed by atoms with Crippen LogP contribution in [0.5, 0.6) is 0 Å². The molecule has 0 spiro atoms. The van der Waals surface area contributed by atoms with Crippen LogP contribution in [0.3, 0.4) is 0 Å². The molecule has 2 atom stereocenters. The van der Waals surface area contributed by atoms with Gasteiger partial charge in [-0.25, -0.2) is 0 Å². The number of ether oxygens (including phenoxy) is 1. The van der Waals surface area contributed by atoms with Crippen molar-refractivity contribution in [2.24, 2.45) is 11.8 Å². The molecule has 3 rings (SSSR count). The first kappa shape index (κ1) is 21.3. The first-order valence-corrected chi connectivity index (χ1v) is 10.6. The van der Waals surface area contributed by atoms with Gasteiger partial charge in [-0.1, -0.05) is 105 Å². The summed E-state index contributed by atoms with van der Waals surface area (Å²) in [6.45, 7) is 5.23. The van der Waals surface area contributed by atoms with Gasteiger partial charge in [0.2, 0.25) is 0 Å². The van der Waals surface area contributed by atoms with Crippen LogP contribution in [0.1, 0.15) is 43.4 Å². The summed E-state index contributed by atoms with van der Waals surface area (Å²) >= 11 is 0. The first-order valence-electron chi connectivity index (χ1n) is 10.6. The highest BCUT2D eigenvalue weighted by Crippen LogP contribution is 2.40. The Morgan fingerprint density at radius 2 is 1.10 bits per heavy atom. The van der Waals surface area contributed by atoms with Gasteiger partial charge in [-0.15, -0.1) is 0 Å². The van der Waals surface area contributed by atoms with Crippen LogP contribution in [0.15, 0.2) is 91.0 Å². The van der Waals surface area contributed by atoms with Crippen molar-refractivity contribution < 1.29 is 9.84 Å². The van der Waals surface area contributed by atoms with Gasteiger partial charge in [0.1, 0.15) is 5.60 Å². The highest BCUT2D eigenvalue weighted by Gasteiger charge is 2.37. The predicted molar refractivity (Wildman–Crippen MR) is 120 cm³/mol. The Hall–Kier alpha value is -2.42. The molecule has 0 aliphatic carbocycles. The summed E-state index contributed by atoms with van der Waals surface area (Å²) in [6.07, 6.45) is 1.97. The van der Waals surface area contributed by atoms with E-state index in [0.717, 1.165) is 29.5 Å². The summed E-state index contributed by atoms with van der Waals surface area (Å²) < 4.78 is 6.81. The fourth-order valence-corrected chi connectivity index (χ4v) is 4.06. The van der Waals surface area contributed by atoms with Crippen molar-refractivity contribution in [3.05, 3.63) is 108 Å². The van der Waals surface area contributed by atoms with Crippen molar-refractivity contribution in [3.63, 3.8) is 0 Å². The van der Waals surface area contributed by atoms with Crippen molar-refractivity contribution >= 4 is 0 Å². The molecular formula is C27H32O2. The predicted octanol–water partition coefficient (Wildman–Crippen LogP) is 6.04. The molecular weight excluding hydrogens is 356 g/mol. The quantitative estimate of drug-likeness (QED) is 0.429. The van der Waals surface area contributed by atoms with E-state index >= 15 is 0 Å². The molecule has 29 heavy (non-hydrogen) atoms. The summed E-state index contributed by atoms with van der Waals surface area (Å²) in [4.78, 5) is 0. The van der Waals surface area contributed by atoms with Crippen LogP contribution in [-0.2, 0) is 10.3 Å². The van der Waals surface area contributed by atoms with Gasteiger partial charge >= 0.3 is 0 Å².